The number of aromatic nitrogens is 2. The monoisotopic (exact) mass is 402 g/mol. The predicted octanol–water partition coefficient (Wildman–Crippen LogP) is 2.09. The fourth-order valence-electron chi connectivity index (χ4n) is 4.26. The van der Waals surface area contributed by atoms with E-state index in [2.05, 4.69) is 19.8 Å². The van der Waals surface area contributed by atoms with Crippen LogP contribution in [0, 0.1) is 18.6 Å². The highest BCUT2D eigenvalue weighted by atomic mass is 19.1. The van der Waals surface area contributed by atoms with Gasteiger partial charge in [-0.3, -0.25) is 9.69 Å². The van der Waals surface area contributed by atoms with Gasteiger partial charge in [0.2, 0.25) is 5.95 Å². The first-order chi connectivity index (χ1) is 13.9. The number of aliphatic hydroxyl groups excluding tert-OH is 1. The van der Waals surface area contributed by atoms with Crippen LogP contribution in [-0.4, -0.2) is 65.1 Å². The number of aryl methyl sites for hydroxylation is 1. The van der Waals surface area contributed by atoms with Gasteiger partial charge in [0.1, 0.15) is 11.6 Å². The van der Waals surface area contributed by atoms with Gasteiger partial charge in [-0.05, 0) is 37.0 Å². The average molecular weight is 402 g/mol. The highest BCUT2D eigenvalue weighted by molar-refractivity contribution is 5.99. The molecule has 0 radical (unpaired) electrons. The molecule has 1 N–H and O–H groups in total. The fraction of sp³-hybridized carbons (Fsp3) is 0.476. The minimum Gasteiger partial charge on any atom is -0.395 e. The summed E-state index contributed by atoms with van der Waals surface area (Å²) in [6.07, 6.45) is 0.643. The Morgan fingerprint density at radius 1 is 1.07 bits per heavy atom. The lowest BCUT2D eigenvalue weighted by Crippen LogP contribution is -2.48. The third-order valence-electron chi connectivity index (χ3n) is 5.73. The van der Waals surface area contributed by atoms with Gasteiger partial charge in [-0.1, -0.05) is 0 Å². The van der Waals surface area contributed by atoms with Crippen molar-refractivity contribution in [3.8, 4) is 0 Å². The van der Waals surface area contributed by atoms with Gasteiger partial charge in [-0.15, -0.1) is 0 Å². The van der Waals surface area contributed by atoms with E-state index in [4.69, 9.17) is 5.11 Å². The number of halogens is 2. The largest absolute Gasteiger partial charge is 0.395 e. The Morgan fingerprint density at radius 2 is 1.76 bits per heavy atom. The second-order valence-corrected chi connectivity index (χ2v) is 7.71. The first-order valence-corrected chi connectivity index (χ1v) is 9.89. The lowest BCUT2D eigenvalue weighted by molar-refractivity contribution is 0.0961. The Bertz CT molecular complexity index is 909. The quantitative estimate of drug-likeness (QED) is 0.845. The van der Waals surface area contributed by atoms with Crippen LogP contribution in [0.4, 0.5) is 14.7 Å². The first-order valence-electron chi connectivity index (χ1n) is 9.89. The van der Waals surface area contributed by atoms with Crippen LogP contribution >= 0.6 is 0 Å². The maximum atomic E-state index is 13.7. The standard InChI is InChI=1S/C21H24F2N4O2/c1-13-20-18(25-21(24-13)27-4-2-26(3-5-27)6-7-28)10-15(11-19(20)29)14-8-16(22)12-17(23)9-14/h8-9,12,15,28H,2-7,10-11H2,1H3/t15-/m0/s1. The van der Waals surface area contributed by atoms with E-state index in [9.17, 15) is 13.6 Å². The molecule has 6 nitrogen and oxygen atoms in total. The van der Waals surface area contributed by atoms with Gasteiger partial charge in [0.05, 0.1) is 23.6 Å². The molecule has 1 atom stereocenters. The number of carbonyl (C=O) groups excluding carboxylic acids is 1. The van der Waals surface area contributed by atoms with Crippen molar-refractivity contribution in [1.82, 2.24) is 14.9 Å². The highest BCUT2D eigenvalue weighted by Crippen LogP contribution is 2.34. The van der Waals surface area contributed by atoms with E-state index in [0.29, 0.717) is 41.4 Å². The maximum absolute atomic E-state index is 13.7. The number of β-amino-alcohol motifs (C(OH)–C–C–N with tert-alkyl or cyclic N) is 1. The molecule has 2 heterocycles. The molecule has 154 valence electrons. The number of carbonyl (C=O) groups is 1. The molecule has 1 aromatic heterocycles. The molecule has 1 aliphatic carbocycles. The van der Waals surface area contributed by atoms with Crippen LogP contribution in [0.3, 0.4) is 0 Å². The number of piperazine rings is 1. The highest BCUT2D eigenvalue weighted by Gasteiger charge is 2.31. The zero-order valence-electron chi connectivity index (χ0n) is 16.4. The van der Waals surface area contributed by atoms with E-state index in [-0.39, 0.29) is 24.7 Å². The van der Waals surface area contributed by atoms with E-state index in [1.807, 2.05) is 6.92 Å². The zero-order chi connectivity index (χ0) is 20.5. The number of nitrogens with zero attached hydrogens (tertiary/aromatic N) is 4. The average Bonchev–Trinajstić information content (AvgIpc) is 2.67. The number of aliphatic hydroxyl groups is 1. The topological polar surface area (TPSA) is 69.6 Å². The lowest BCUT2D eigenvalue weighted by Gasteiger charge is -2.35. The summed E-state index contributed by atoms with van der Waals surface area (Å²) in [5, 5.41) is 9.09. The van der Waals surface area contributed by atoms with Crippen molar-refractivity contribution in [2.24, 2.45) is 0 Å². The minimum atomic E-state index is -0.640. The molecule has 0 bridgehead atoms. The van der Waals surface area contributed by atoms with Gasteiger partial charge in [0, 0.05) is 45.2 Å². The Balaban J connectivity index is 1.60. The third kappa shape index (κ3) is 4.13. The summed E-state index contributed by atoms with van der Waals surface area (Å²) in [7, 11) is 0. The summed E-state index contributed by atoms with van der Waals surface area (Å²) in [5.41, 5.74) is 2.32. The SMILES string of the molecule is Cc1nc(N2CCN(CCO)CC2)nc2c1C(=O)C[C@@H](c1cc(F)cc(F)c1)C2. The van der Waals surface area contributed by atoms with Crippen LogP contribution < -0.4 is 4.90 Å². The molecule has 1 saturated heterocycles. The van der Waals surface area contributed by atoms with Crippen molar-refractivity contribution >= 4 is 11.7 Å². The van der Waals surface area contributed by atoms with Crippen LogP contribution in [0.5, 0.6) is 0 Å². The Kier molecular flexibility index (Phi) is 5.56. The van der Waals surface area contributed by atoms with Crippen molar-refractivity contribution in [3.63, 3.8) is 0 Å². The normalized spacial score (nSPS) is 20.1. The molecule has 1 fully saturated rings. The molecule has 1 aromatic carbocycles. The molecular formula is C21H24F2N4O2. The maximum Gasteiger partial charge on any atom is 0.225 e. The minimum absolute atomic E-state index is 0.0854. The number of Topliss-reactive ketones (excluding diaryl/α,β-unsaturated/α-hetero) is 1. The molecule has 8 heteroatoms. The molecule has 0 saturated carbocycles. The van der Waals surface area contributed by atoms with E-state index in [0.717, 1.165) is 32.2 Å². The van der Waals surface area contributed by atoms with Crippen molar-refractivity contribution in [1.29, 1.82) is 0 Å². The summed E-state index contributed by atoms with van der Waals surface area (Å²) >= 11 is 0. The number of anilines is 1. The predicted molar refractivity (Wildman–Crippen MR) is 104 cm³/mol. The van der Waals surface area contributed by atoms with Gasteiger partial charge in [-0.25, -0.2) is 18.7 Å². The van der Waals surface area contributed by atoms with Gasteiger partial charge >= 0.3 is 0 Å². The van der Waals surface area contributed by atoms with Crippen molar-refractivity contribution in [2.45, 2.75) is 25.7 Å². The van der Waals surface area contributed by atoms with Gasteiger partial charge in [0.25, 0.3) is 0 Å². The number of rotatable bonds is 4. The number of fused-ring (bicyclic) bond motifs is 1. The molecule has 0 amide bonds. The van der Waals surface area contributed by atoms with E-state index in [1.165, 1.54) is 12.1 Å². The van der Waals surface area contributed by atoms with E-state index >= 15 is 0 Å². The molecule has 2 aliphatic rings. The summed E-state index contributed by atoms with van der Waals surface area (Å²) in [5.74, 6) is -1.08. The Hall–Kier alpha value is -2.45. The summed E-state index contributed by atoms with van der Waals surface area (Å²) in [6.45, 7) is 5.70. The molecular weight excluding hydrogens is 378 g/mol. The Labute approximate surface area is 168 Å². The molecule has 0 spiro atoms. The number of hydrogen-bond donors (Lipinski definition) is 1. The molecule has 29 heavy (non-hydrogen) atoms. The summed E-state index contributed by atoms with van der Waals surface area (Å²) in [4.78, 5) is 26.3. The van der Waals surface area contributed by atoms with Crippen LogP contribution in [0.25, 0.3) is 0 Å². The van der Waals surface area contributed by atoms with E-state index < -0.39 is 11.6 Å². The number of ketones is 1. The van der Waals surface area contributed by atoms with Crippen LogP contribution in [0.1, 0.15) is 39.6 Å². The summed E-state index contributed by atoms with van der Waals surface area (Å²) < 4.78 is 27.3. The van der Waals surface area contributed by atoms with Crippen molar-refractivity contribution in [3.05, 3.63) is 52.3 Å². The van der Waals surface area contributed by atoms with Gasteiger partial charge in [0.15, 0.2) is 5.78 Å². The second kappa shape index (κ2) is 8.12. The van der Waals surface area contributed by atoms with Gasteiger partial charge in [-0.2, -0.15) is 0 Å². The number of hydrogen-bond acceptors (Lipinski definition) is 6. The van der Waals surface area contributed by atoms with Crippen molar-refractivity contribution in [2.75, 3.05) is 44.2 Å². The number of benzene rings is 1. The third-order valence-corrected chi connectivity index (χ3v) is 5.73. The molecule has 1 aliphatic heterocycles. The Morgan fingerprint density at radius 3 is 2.41 bits per heavy atom. The molecule has 0 unspecified atom stereocenters. The molecule has 4 rings (SSSR count). The summed E-state index contributed by atoms with van der Waals surface area (Å²) in [6, 6.07) is 3.42. The van der Waals surface area contributed by atoms with Crippen molar-refractivity contribution < 1.29 is 18.7 Å². The van der Waals surface area contributed by atoms with E-state index in [1.54, 1.807) is 0 Å². The van der Waals surface area contributed by atoms with Gasteiger partial charge < -0.3 is 10.0 Å². The fourth-order valence-corrected chi connectivity index (χ4v) is 4.26. The first kappa shape index (κ1) is 19.8. The molecule has 2 aromatic rings. The van der Waals surface area contributed by atoms with Crippen LogP contribution in [-0.2, 0) is 6.42 Å². The smallest absolute Gasteiger partial charge is 0.225 e. The lowest BCUT2D eigenvalue weighted by atomic mass is 9.81. The zero-order valence-corrected chi connectivity index (χ0v) is 16.4. The van der Waals surface area contributed by atoms with Crippen LogP contribution in [0.15, 0.2) is 18.2 Å². The second-order valence-electron chi connectivity index (χ2n) is 7.71. The van der Waals surface area contributed by atoms with Crippen LogP contribution in [0.2, 0.25) is 0 Å².